The number of hydrogen-bond donors (Lipinski definition) is 2. The highest BCUT2D eigenvalue weighted by atomic mass is 16.2. The highest BCUT2D eigenvalue weighted by Gasteiger charge is 2.35. The maximum Gasteiger partial charge on any atom is 0.321 e. The average Bonchev–Trinajstić information content (AvgIpc) is 2.72. The maximum absolute atomic E-state index is 12.4. The molecule has 0 aromatic heterocycles. The standard InChI is InChI=1S/C16H24N4O/c1-19-14-6-7-15(19)11-20(9-8-14)16(21)18-13-4-2-12(10-17)3-5-13/h2-5,14-15H,6-11,17H2,1H3,(H,18,21). The van der Waals surface area contributed by atoms with E-state index < -0.39 is 0 Å². The first-order valence-electron chi connectivity index (χ1n) is 7.74. The van der Waals surface area contributed by atoms with Gasteiger partial charge in [-0.15, -0.1) is 0 Å². The summed E-state index contributed by atoms with van der Waals surface area (Å²) in [6.45, 7) is 2.20. The fourth-order valence-corrected chi connectivity index (χ4v) is 3.42. The minimum Gasteiger partial charge on any atom is -0.326 e. The quantitative estimate of drug-likeness (QED) is 0.873. The summed E-state index contributed by atoms with van der Waals surface area (Å²) in [6, 6.07) is 8.91. The fraction of sp³-hybridized carbons (Fsp3) is 0.562. The van der Waals surface area contributed by atoms with Crippen molar-refractivity contribution >= 4 is 11.7 Å². The third-order valence-electron chi connectivity index (χ3n) is 4.88. The van der Waals surface area contributed by atoms with Crippen LogP contribution in [0.3, 0.4) is 0 Å². The molecule has 5 nitrogen and oxygen atoms in total. The van der Waals surface area contributed by atoms with Crippen molar-refractivity contribution in [3.8, 4) is 0 Å². The number of urea groups is 1. The molecule has 0 saturated carbocycles. The lowest BCUT2D eigenvalue weighted by molar-refractivity contribution is 0.200. The Morgan fingerprint density at radius 3 is 2.67 bits per heavy atom. The third-order valence-corrected chi connectivity index (χ3v) is 4.88. The van der Waals surface area contributed by atoms with E-state index >= 15 is 0 Å². The van der Waals surface area contributed by atoms with Crippen LogP contribution in [0.5, 0.6) is 0 Å². The van der Waals surface area contributed by atoms with Gasteiger partial charge in [-0.25, -0.2) is 4.79 Å². The Hall–Kier alpha value is -1.59. The molecule has 3 N–H and O–H groups in total. The lowest BCUT2D eigenvalue weighted by Gasteiger charge is -2.26. The third kappa shape index (κ3) is 3.04. The summed E-state index contributed by atoms with van der Waals surface area (Å²) < 4.78 is 0. The van der Waals surface area contributed by atoms with Gasteiger partial charge >= 0.3 is 6.03 Å². The van der Waals surface area contributed by atoms with E-state index in [1.165, 1.54) is 12.8 Å². The normalized spacial score (nSPS) is 25.7. The Labute approximate surface area is 126 Å². The van der Waals surface area contributed by atoms with Gasteiger partial charge in [0.15, 0.2) is 0 Å². The molecule has 3 rings (SSSR count). The predicted octanol–water partition coefficient (Wildman–Crippen LogP) is 1.85. The number of nitrogens with two attached hydrogens (primary N) is 1. The van der Waals surface area contributed by atoms with Gasteiger partial charge in [0.2, 0.25) is 0 Å². The zero-order valence-electron chi connectivity index (χ0n) is 12.6. The van der Waals surface area contributed by atoms with E-state index in [1.807, 2.05) is 29.2 Å². The summed E-state index contributed by atoms with van der Waals surface area (Å²) in [5.41, 5.74) is 7.49. The topological polar surface area (TPSA) is 61.6 Å². The van der Waals surface area contributed by atoms with E-state index in [0.29, 0.717) is 18.6 Å². The molecule has 0 spiro atoms. The first kappa shape index (κ1) is 14.4. The van der Waals surface area contributed by atoms with Gasteiger partial charge < -0.3 is 16.0 Å². The Morgan fingerprint density at radius 1 is 1.24 bits per heavy atom. The molecule has 2 amide bonds. The van der Waals surface area contributed by atoms with Crippen LogP contribution in [-0.4, -0.2) is 48.1 Å². The van der Waals surface area contributed by atoms with Crippen molar-refractivity contribution in [2.75, 3.05) is 25.5 Å². The molecular weight excluding hydrogens is 264 g/mol. The van der Waals surface area contributed by atoms with Gasteiger partial charge in [-0.1, -0.05) is 12.1 Å². The Kier molecular flexibility index (Phi) is 4.12. The predicted molar refractivity (Wildman–Crippen MR) is 84.1 cm³/mol. The van der Waals surface area contributed by atoms with Crippen LogP contribution in [0.25, 0.3) is 0 Å². The molecule has 2 bridgehead atoms. The summed E-state index contributed by atoms with van der Waals surface area (Å²) in [4.78, 5) is 16.8. The second-order valence-corrected chi connectivity index (χ2v) is 6.12. The number of anilines is 1. The molecule has 2 aliphatic rings. The second-order valence-electron chi connectivity index (χ2n) is 6.12. The molecule has 2 atom stereocenters. The van der Waals surface area contributed by atoms with Crippen molar-refractivity contribution < 1.29 is 4.79 Å². The molecule has 2 unspecified atom stereocenters. The Balaban J connectivity index is 1.62. The molecule has 0 aliphatic carbocycles. The highest BCUT2D eigenvalue weighted by molar-refractivity contribution is 5.89. The van der Waals surface area contributed by atoms with Crippen LogP contribution < -0.4 is 11.1 Å². The number of nitrogens with zero attached hydrogens (tertiary/aromatic N) is 2. The molecule has 2 aliphatic heterocycles. The minimum atomic E-state index is 0.0106. The first-order chi connectivity index (χ1) is 10.2. The number of nitrogens with one attached hydrogen (secondary N) is 1. The van der Waals surface area contributed by atoms with Gasteiger partial charge in [0.1, 0.15) is 0 Å². The van der Waals surface area contributed by atoms with Crippen molar-refractivity contribution in [2.24, 2.45) is 5.73 Å². The number of amides is 2. The van der Waals surface area contributed by atoms with Crippen LogP contribution in [0.1, 0.15) is 24.8 Å². The van der Waals surface area contributed by atoms with Crippen molar-refractivity contribution in [3.63, 3.8) is 0 Å². The number of carbonyl (C=O) groups is 1. The summed E-state index contributed by atoms with van der Waals surface area (Å²) in [5, 5.41) is 2.99. The highest BCUT2D eigenvalue weighted by Crippen LogP contribution is 2.28. The van der Waals surface area contributed by atoms with Crippen molar-refractivity contribution in [3.05, 3.63) is 29.8 Å². The molecule has 1 aromatic carbocycles. The van der Waals surface area contributed by atoms with Crippen molar-refractivity contribution in [1.82, 2.24) is 9.80 Å². The van der Waals surface area contributed by atoms with E-state index in [2.05, 4.69) is 17.3 Å². The minimum absolute atomic E-state index is 0.0106. The number of carbonyl (C=O) groups excluding carboxylic acids is 1. The zero-order chi connectivity index (χ0) is 14.8. The summed E-state index contributed by atoms with van der Waals surface area (Å²) >= 11 is 0. The van der Waals surface area contributed by atoms with Crippen LogP contribution >= 0.6 is 0 Å². The number of fused-ring (bicyclic) bond motifs is 2. The largest absolute Gasteiger partial charge is 0.326 e. The molecule has 2 heterocycles. The SMILES string of the molecule is CN1C2CCC1CN(C(=O)Nc1ccc(CN)cc1)CC2. The number of hydrogen-bond acceptors (Lipinski definition) is 3. The Morgan fingerprint density at radius 2 is 1.95 bits per heavy atom. The number of likely N-dealkylation sites (tertiary alicyclic amines) is 1. The van der Waals surface area contributed by atoms with Crippen molar-refractivity contribution in [1.29, 1.82) is 0 Å². The van der Waals surface area contributed by atoms with Gasteiger partial charge in [-0.3, -0.25) is 4.90 Å². The lowest BCUT2D eigenvalue weighted by Crippen LogP contribution is -2.41. The molecule has 0 radical (unpaired) electrons. The van der Waals surface area contributed by atoms with E-state index in [1.54, 1.807) is 0 Å². The summed E-state index contributed by atoms with van der Waals surface area (Å²) in [7, 11) is 2.19. The second kappa shape index (κ2) is 6.03. The Bertz CT molecular complexity index is 502. The van der Waals surface area contributed by atoms with E-state index in [-0.39, 0.29) is 6.03 Å². The molecule has 21 heavy (non-hydrogen) atoms. The van der Waals surface area contributed by atoms with Gasteiger partial charge in [0.05, 0.1) is 0 Å². The van der Waals surface area contributed by atoms with E-state index in [9.17, 15) is 4.79 Å². The van der Waals surface area contributed by atoms with Gasteiger partial charge in [-0.05, 0) is 44.0 Å². The van der Waals surface area contributed by atoms with Crippen LogP contribution in [0.4, 0.5) is 10.5 Å². The zero-order valence-corrected chi connectivity index (χ0v) is 12.6. The lowest BCUT2D eigenvalue weighted by atomic mass is 10.1. The monoisotopic (exact) mass is 288 g/mol. The van der Waals surface area contributed by atoms with Crippen molar-refractivity contribution in [2.45, 2.75) is 37.9 Å². The molecular formula is C16H24N4O. The molecule has 2 saturated heterocycles. The number of benzene rings is 1. The van der Waals surface area contributed by atoms with Gasteiger partial charge in [-0.2, -0.15) is 0 Å². The number of rotatable bonds is 2. The first-order valence-corrected chi connectivity index (χ1v) is 7.74. The fourth-order valence-electron chi connectivity index (χ4n) is 3.42. The van der Waals surface area contributed by atoms with E-state index in [0.717, 1.165) is 30.8 Å². The summed E-state index contributed by atoms with van der Waals surface area (Å²) in [5.74, 6) is 0. The molecule has 5 heteroatoms. The maximum atomic E-state index is 12.4. The van der Waals surface area contributed by atoms with Crippen LogP contribution in [0, 0.1) is 0 Å². The van der Waals surface area contributed by atoms with Crippen LogP contribution in [-0.2, 0) is 6.54 Å². The van der Waals surface area contributed by atoms with Crippen LogP contribution in [0.15, 0.2) is 24.3 Å². The molecule has 114 valence electrons. The smallest absolute Gasteiger partial charge is 0.321 e. The molecule has 2 fully saturated rings. The average molecular weight is 288 g/mol. The van der Waals surface area contributed by atoms with E-state index in [4.69, 9.17) is 5.73 Å². The van der Waals surface area contributed by atoms with Gasteiger partial charge in [0.25, 0.3) is 0 Å². The summed E-state index contributed by atoms with van der Waals surface area (Å²) in [6.07, 6.45) is 3.56. The van der Waals surface area contributed by atoms with Gasteiger partial charge in [0, 0.05) is 37.4 Å². The number of likely N-dealkylation sites (N-methyl/N-ethyl adjacent to an activating group) is 1. The molecule has 1 aromatic rings. The van der Waals surface area contributed by atoms with Crippen LogP contribution in [0.2, 0.25) is 0 Å².